The average molecular weight is 269 g/mol. The van der Waals surface area contributed by atoms with E-state index in [1.54, 1.807) is 0 Å². The summed E-state index contributed by atoms with van der Waals surface area (Å²) in [7, 11) is 0. The maximum Gasteiger partial charge on any atom is 0.0593 e. The Morgan fingerprint density at radius 3 is 2.06 bits per heavy atom. The van der Waals surface area contributed by atoms with Crippen LogP contribution >= 0.6 is 23.2 Å². The highest BCUT2D eigenvalue weighted by atomic mass is 35.5. The van der Waals surface area contributed by atoms with Gasteiger partial charge in [0.25, 0.3) is 0 Å². The topological polar surface area (TPSA) is 17.0 Å². The monoisotopic (exact) mass is 268 g/mol. The maximum absolute atomic E-state index is 6.12. The predicted molar refractivity (Wildman–Crippen MR) is 73.4 cm³/mol. The van der Waals surface area contributed by atoms with Crippen molar-refractivity contribution in [1.29, 1.82) is 0 Å². The largest absolute Gasteiger partial charge is 0.321 e. The van der Waals surface area contributed by atoms with Crippen LogP contribution in [0.1, 0.15) is 17.0 Å². The Morgan fingerprint density at radius 2 is 1.53 bits per heavy atom. The summed E-state index contributed by atoms with van der Waals surface area (Å²) in [5, 5.41) is 1.37. The van der Waals surface area contributed by atoms with Crippen molar-refractivity contribution < 1.29 is 0 Å². The van der Waals surface area contributed by atoms with Crippen molar-refractivity contribution in [3.8, 4) is 0 Å². The molecule has 90 valence electrons. The molecule has 0 aliphatic carbocycles. The number of nitrogens with zero attached hydrogens (tertiary/aromatic N) is 1. The van der Waals surface area contributed by atoms with Gasteiger partial charge in [-0.05, 0) is 38.1 Å². The molecule has 0 bridgehead atoms. The van der Waals surface area contributed by atoms with Crippen LogP contribution < -0.4 is 5.43 Å². The lowest BCUT2D eigenvalue weighted by molar-refractivity contribution is 0.792. The minimum atomic E-state index is 0.606. The predicted octanol–water partition coefficient (Wildman–Crippen LogP) is 4.16. The van der Waals surface area contributed by atoms with Gasteiger partial charge in [-0.25, -0.2) is 0 Å². The Morgan fingerprint density at radius 1 is 1.00 bits per heavy atom. The minimum absolute atomic E-state index is 0.606. The summed E-state index contributed by atoms with van der Waals surface area (Å²) in [5.41, 5.74) is 6.54. The molecule has 0 radical (unpaired) electrons. The molecule has 0 spiro atoms. The third-order valence-corrected chi connectivity index (χ3v) is 3.46. The molecule has 0 unspecified atom stereocenters. The summed E-state index contributed by atoms with van der Waals surface area (Å²) in [5.74, 6) is 0. The van der Waals surface area contributed by atoms with E-state index in [0.29, 0.717) is 16.6 Å². The summed E-state index contributed by atoms with van der Waals surface area (Å²) in [6, 6.07) is 9.67. The van der Waals surface area contributed by atoms with Crippen LogP contribution in [0.25, 0.3) is 0 Å². The number of rotatable bonds is 3. The average Bonchev–Trinajstić information content (AvgIpc) is 2.59. The Kier molecular flexibility index (Phi) is 3.65. The quantitative estimate of drug-likeness (QED) is 0.885. The second kappa shape index (κ2) is 5.03. The van der Waals surface area contributed by atoms with Crippen LogP contribution in [-0.2, 0) is 6.54 Å². The van der Waals surface area contributed by atoms with Gasteiger partial charge in [-0.2, -0.15) is 0 Å². The van der Waals surface area contributed by atoms with E-state index in [1.165, 1.54) is 0 Å². The van der Waals surface area contributed by atoms with Gasteiger partial charge in [0, 0.05) is 27.0 Å². The van der Waals surface area contributed by atoms with Crippen LogP contribution in [0, 0.1) is 13.8 Å². The van der Waals surface area contributed by atoms with E-state index in [2.05, 4.69) is 17.6 Å². The van der Waals surface area contributed by atoms with Crippen molar-refractivity contribution in [3.05, 3.63) is 57.3 Å². The van der Waals surface area contributed by atoms with Crippen molar-refractivity contribution in [2.45, 2.75) is 20.4 Å². The number of halogens is 2. The molecule has 1 N–H and O–H groups in total. The van der Waals surface area contributed by atoms with Gasteiger partial charge in [0.15, 0.2) is 0 Å². The van der Waals surface area contributed by atoms with E-state index >= 15 is 0 Å². The van der Waals surface area contributed by atoms with Gasteiger partial charge < -0.3 is 5.43 Å². The van der Waals surface area contributed by atoms with Gasteiger partial charge >= 0.3 is 0 Å². The summed E-state index contributed by atoms with van der Waals surface area (Å²) in [6.07, 6.45) is 0. The molecule has 2 rings (SSSR count). The van der Waals surface area contributed by atoms with Gasteiger partial charge in [0.2, 0.25) is 0 Å². The molecule has 0 saturated heterocycles. The van der Waals surface area contributed by atoms with E-state index in [-0.39, 0.29) is 0 Å². The van der Waals surface area contributed by atoms with E-state index in [4.69, 9.17) is 23.2 Å². The van der Waals surface area contributed by atoms with Crippen LogP contribution in [0.15, 0.2) is 30.3 Å². The van der Waals surface area contributed by atoms with Crippen molar-refractivity contribution in [2.24, 2.45) is 0 Å². The Hall–Kier alpha value is -1.12. The Balaban J connectivity index is 2.18. The number of hydrogen-bond donors (Lipinski definition) is 1. The van der Waals surface area contributed by atoms with Crippen LogP contribution in [0.3, 0.4) is 0 Å². The lowest BCUT2D eigenvalue weighted by Gasteiger charge is -2.14. The second-order valence-electron chi connectivity index (χ2n) is 3.99. The number of nitrogens with one attached hydrogen (secondary N) is 1. The fraction of sp³-hybridized carbons (Fsp3) is 0.231. The molecule has 2 nitrogen and oxygen atoms in total. The molecule has 0 aliphatic heterocycles. The molecule has 2 aromatic rings. The lowest BCUT2D eigenvalue weighted by atomic mass is 10.2. The van der Waals surface area contributed by atoms with Gasteiger partial charge in [-0.15, -0.1) is 0 Å². The first kappa shape index (κ1) is 12.3. The van der Waals surface area contributed by atoms with Crippen LogP contribution in [0.4, 0.5) is 0 Å². The zero-order valence-corrected chi connectivity index (χ0v) is 11.3. The molecular weight excluding hydrogens is 255 g/mol. The second-order valence-corrected chi connectivity index (χ2v) is 4.80. The van der Waals surface area contributed by atoms with Crippen molar-refractivity contribution in [2.75, 3.05) is 5.43 Å². The Labute approximate surface area is 111 Å². The highest BCUT2D eigenvalue weighted by Gasteiger charge is 2.06. The normalized spacial score (nSPS) is 10.6. The molecule has 0 atom stereocenters. The van der Waals surface area contributed by atoms with E-state index < -0.39 is 0 Å². The van der Waals surface area contributed by atoms with Gasteiger partial charge in [-0.1, -0.05) is 29.3 Å². The van der Waals surface area contributed by atoms with Crippen LogP contribution in [0.5, 0.6) is 0 Å². The highest BCUT2D eigenvalue weighted by Crippen LogP contribution is 2.24. The van der Waals surface area contributed by atoms with Crippen molar-refractivity contribution in [3.63, 3.8) is 0 Å². The van der Waals surface area contributed by atoms with Gasteiger partial charge in [0.05, 0.1) is 6.54 Å². The lowest BCUT2D eigenvalue weighted by Crippen LogP contribution is -2.17. The van der Waals surface area contributed by atoms with E-state index in [1.807, 2.05) is 36.7 Å². The summed E-state index contributed by atoms with van der Waals surface area (Å²) in [4.78, 5) is 0. The fourth-order valence-corrected chi connectivity index (χ4v) is 2.31. The molecule has 0 amide bonds. The SMILES string of the molecule is Cc1ccc(C)n1NCc1c(Cl)cccc1Cl. The molecule has 1 aromatic heterocycles. The standard InChI is InChI=1S/C13H14Cl2N2/c1-9-6-7-10(2)17(9)16-8-11-12(14)4-3-5-13(11)15/h3-7,16H,8H2,1-2H3. The zero-order valence-electron chi connectivity index (χ0n) is 9.80. The first-order valence-electron chi connectivity index (χ1n) is 5.41. The number of aromatic nitrogens is 1. The van der Waals surface area contributed by atoms with Gasteiger partial charge in [0.1, 0.15) is 0 Å². The van der Waals surface area contributed by atoms with Crippen LogP contribution in [-0.4, -0.2) is 4.68 Å². The fourth-order valence-electron chi connectivity index (χ4n) is 1.78. The van der Waals surface area contributed by atoms with E-state index in [9.17, 15) is 0 Å². The summed E-state index contributed by atoms with van der Waals surface area (Å²) in [6.45, 7) is 4.71. The maximum atomic E-state index is 6.12. The molecular formula is C13H14Cl2N2. The molecule has 1 heterocycles. The molecule has 17 heavy (non-hydrogen) atoms. The number of aryl methyl sites for hydroxylation is 2. The smallest absolute Gasteiger partial charge is 0.0593 e. The Bertz CT molecular complexity index is 492. The van der Waals surface area contributed by atoms with Gasteiger partial charge in [-0.3, -0.25) is 4.68 Å². The van der Waals surface area contributed by atoms with Crippen molar-refractivity contribution >= 4 is 23.2 Å². The van der Waals surface area contributed by atoms with Crippen LogP contribution in [0.2, 0.25) is 10.0 Å². The zero-order chi connectivity index (χ0) is 12.4. The third-order valence-electron chi connectivity index (χ3n) is 2.75. The first-order chi connectivity index (χ1) is 8.09. The number of benzene rings is 1. The summed E-state index contributed by atoms with van der Waals surface area (Å²) < 4.78 is 2.03. The number of hydrogen-bond acceptors (Lipinski definition) is 1. The van der Waals surface area contributed by atoms with Crippen molar-refractivity contribution in [1.82, 2.24) is 4.68 Å². The molecule has 0 aliphatic rings. The molecule has 0 saturated carbocycles. The first-order valence-corrected chi connectivity index (χ1v) is 6.17. The minimum Gasteiger partial charge on any atom is -0.321 e. The third kappa shape index (κ3) is 2.59. The molecule has 0 fully saturated rings. The molecule has 4 heteroatoms. The molecule has 1 aromatic carbocycles. The highest BCUT2D eigenvalue weighted by molar-refractivity contribution is 6.35. The van der Waals surface area contributed by atoms with E-state index in [0.717, 1.165) is 17.0 Å². The summed E-state index contributed by atoms with van der Waals surface area (Å²) >= 11 is 12.2.